The Balaban J connectivity index is 2.45. The molecule has 3 nitrogen and oxygen atoms in total. The summed E-state index contributed by atoms with van der Waals surface area (Å²) in [5.74, 6) is 0.455. The second kappa shape index (κ2) is 5.21. The number of nitrogens with zero attached hydrogens (tertiary/aromatic N) is 2. The minimum Gasteiger partial charge on any atom is -0.355 e. The van der Waals surface area contributed by atoms with Gasteiger partial charge in [0.2, 0.25) is 5.95 Å². The zero-order valence-electron chi connectivity index (χ0n) is 11.0. The first-order chi connectivity index (χ1) is 8.61. The highest BCUT2D eigenvalue weighted by molar-refractivity contribution is 5.45. The Bertz CT molecular complexity index is 546. The number of halogens is 1. The van der Waals surface area contributed by atoms with Crippen LogP contribution in [0.5, 0.6) is 0 Å². The van der Waals surface area contributed by atoms with Gasteiger partial charge >= 0.3 is 0 Å². The van der Waals surface area contributed by atoms with E-state index < -0.39 is 0 Å². The summed E-state index contributed by atoms with van der Waals surface area (Å²) in [5.41, 5.74) is 2.43. The van der Waals surface area contributed by atoms with Crippen molar-refractivity contribution in [2.75, 3.05) is 11.9 Å². The fourth-order valence-electron chi connectivity index (χ4n) is 1.85. The Morgan fingerprint density at radius 1 is 1.33 bits per heavy atom. The number of benzene rings is 1. The average molecular weight is 247 g/mol. The molecule has 0 aliphatic carbocycles. The third-order valence-electron chi connectivity index (χ3n) is 2.72. The molecule has 96 valence electrons. The van der Waals surface area contributed by atoms with E-state index in [0.717, 1.165) is 24.2 Å². The monoisotopic (exact) mass is 247 g/mol. The zero-order chi connectivity index (χ0) is 13.1. The largest absolute Gasteiger partial charge is 0.355 e. The van der Waals surface area contributed by atoms with Gasteiger partial charge in [0, 0.05) is 12.7 Å². The lowest BCUT2D eigenvalue weighted by molar-refractivity contribution is 0.618. The van der Waals surface area contributed by atoms with Crippen LogP contribution in [0.2, 0.25) is 0 Å². The maximum atomic E-state index is 13.9. The van der Waals surface area contributed by atoms with Crippen molar-refractivity contribution >= 4 is 5.95 Å². The Morgan fingerprint density at radius 3 is 2.83 bits per heavy atom. The summed E-state index contributed by atoms with van der Waals surface area (Å²) in [6, 6.07) is 5.08. The molecule has 2 aromatic rings. The van der Waals surface area contributed by atoms with E-state index in [1.807, 2.05) is 26.1 Å². The number of nitrogens with one attached hydrogen (secondary N) is 1. The number of imidazole rings is 1. The minimum atomic E-state index is -0.238. The van der Waals surface area contributed by atoms with Gasteiger partial charge in [-0.2, -0.15) is 0 Å². The van der Waals surface area contributed by atoms with Crippen LogP contribution in [0, 0.1) is 19.7 Å². The molecule has 0 saturated heterocycles. The van der Waals surface area contributed by atoms with Gasteiger partial charge in [-0.1, -0.05) is 13.0 Å². The van der Waals surface area contributed by atoms with E-state index in [1.165, 1.54) is 6.07 Å². The van der Waals surface area contributed by atoms with E-state index in [0.29, 0.717) is 11.6 Å². The van der Waals surface area contributed by atoms with Crippen molar-refractivity contribution in [1.82, 2.24) is 9.55 Å². The van der Waals surface area contributed by atoms with Gasteiger partial charge in [-0.25, -0.2) is 9.37 Å². The normalized spacial score (nSPS) is 10.7. The molecule has 0 bridgehead atoms. The summed E-state index contributed by atoms with van der Waals surface area (Å²) >= 11 is 0. The molecule has 0 aliphatic heterocycles. The summed E-state index contributed by atoms with van der Waals surface area (Å²) in [6.45, 7) is 6.76. The second-order valence-electron chi connectivity index (χ2n) is 4.46. The van der Waals surface area contributed by atoms with Crippen molar-refractivity contribution in [2.45, 2.75) is 27.2 Å². The van der Waals surface area contributed by atoms with Gasteiger partial charge < -0.3 is 5.32 Å². The molecule has 4 heteroatoms. The van der Waals surface area contributed by atoms with Gasteiger partial charge in [0.1, 0.15) is 5.82 Å². The van der Waals surface area contributed by atoms with Crippen molar-refractivity contribution < 1.29 is 4.39 Å². The second-order valence-corrected chi connectivity index (χ2v) is 4.46. The average Bonchev–Trinajstić information content (AvgIpc) is 2.71. The van der Waals surface area contributed by atoms with Crippen LogP contribution < -0.4 is 5.32 Å². The first-order valence-electron chi connectivity index (χ1n) is 6.18. The summed E-state index contributed by atoms with van der Waals surface area (Å²) in [7, 11) is 0. The van der Waals surface area contributed by atoms with Crippen LogP contribution in [-0.4, -0.2) is 16.1 Å². The summed E-state index contributed by atoms with van der Waals surface area (Å²) in [5, 5.41) is 3.21. The number of rotatable bonds is 4. The first-order valence-corrected chi connectivity index (χ1v) is 6.18. The third kappa shape index (κ3) is 2.53. The van der Waals surface area contributed by atoms with Crippen molar-refractivity contribution in [3.63, 3.8) is 0 Å². The Kier molecular flexibility index (Phi) is 3.65. The van der Waals surface area contributed by atoms with E-state index in [2.05, 4.69) is 17.2 Å². The van der Waals surface area contributed by atoms with Crippen molar-refractivity contribution in [3.8, 4) is 5.69 Å². The number of hydrogen-bond donors (Lipinski definition) is 1. The number of hydrogen-bond acceptors (Lipinski definition) is 2. The van der Waals surface area contributed by atoms with E-state index in [9.17, 15) is 4.39 Å². The lowest BCUT2D eigenvalue weighted by Gasteiger charge is -2.10. The molecule has 0 atom stereocenters. The van der Waals surface area contributed by atoms with Crippen LogP contribution in [0.15, 0.2) is 24.4 Å². The summed E-state index contributed by atoms with van der Waals surface area (Å²) in [4.78, 5) is 4.38. The van der Waals surface area contributed by atoms with Gasteiger partial charge in [0.05, 0.1) is 11.4 Å². The van der Waals surface area contributed by atoms with Gasteiger partial charge in [-0.05, 0) is 38.0 Å². The van der Waals surface area contributed by atoms with E-state index in [-0.39, 0.29) is 5.82 Å². The highest BCUT2D eigenvalue weighted by Gasteiger charge is 2.11. The Labute approximate surface area is 107 Å². The minimum absolute atomic E-state index is 0.238. The standard InChI is InChI=1S/C14H18FN3/c1-4-7-16-14-17-11(3)9-18(14)13-8-10(2)5-6-12(13)15/h5-6,8-9H,4,7H2,1-3H3,(H,16,17). The Hall–Kier alpha value is -1.84. The van der Waals surface area contributed by atoms with E-state index in [1.54, 1.807) is 10.6 Å². The van der Waals surface area contributed by atoms with Crippen LogP contribution in [-0.2, 0) is 0 Å². The van der Waals surface area contributed by atoms with Crippen LogP contribution in [0.1, 0.15) is 24.6 Å². The highest BCUT2D eigenvalue weighted by Crippen LogP contribution is 2.20. The SMILES string of the molecule is CCCNc1nc(C)cn1-c1cc(C)ccc1F. The van der Waals surface area contributed by atoms with Crippen molar-refractivity contribution in [2.24, 2.45) is 0 Å². The van der Waals surface area contributed by atoms with E-state index >= 15 is 0 Å². The van der Waals surface area contributed by atoms with Crippen molar-refractivity contribution in [1.29, 1.82) is 0 Å². The summed E-state index contributed by atoms with van der Waals surface area (Å²) < 4.78 is 15.7. The molecule has 1 aromatic heterocycles. The molecule has 2 rings (SSSR count). The number of anilines is 1. The fraction of sp³-hybridized carbons (Fsp3) is 0.357. The first kappa shape index (κ1) is 12.6. The molecule has 0 aliphatic rings. The maximum Gasteiger partial charge on any atom is 0.207 e. The molecule has 0 unspecified atom stereocenters. The van der Waals surface area contributed by atoms with Crippen LogP contribution in [0.4, 0.5) is 10.3 Å². The lowest BCUT2D eigenvalue weighted by Crippen LogP contribution is -2.07. The molecule has 0 fully saturated rings. The molecular formula is C14H18FN3. The molecule has 1 N–H and O–H groups in total. The van der Waals surface area contributed by atoms with Gasteiger partial charge in [0.25, 0.3) is 0 Å². The molecule has 0 radical (unpaired) electrons. The molecule has 0 amide bonds. The fourth-order valence-corrected chi connectivity index (χ4v) is 1.85. The predicted octanol–water partition coefficient (Wildman–Crippen LogP) is 3.45. The topological polar surface area (TPSA) is 29.9 Å². The molecule has 0 spiro atoms. The van der Waals surface area contributed by atoms with Crippen molar-refractivity contribution in [3.05, 3.63) is 41.5 Å². The van der Waals surface area contributed by atoms with Gasteiger partial charge in [0.15, 0.2) is 0 Å². The van der Waals surface area contributed by atoms with Gasteiger partial charge in [-0.3, -0.25) is 4.57 Å². The quantitative estimate of drug-likeness (QED) is 0.896. The maximum absolute atomic E-state index is 13.9. The zero-order valence-corrected chi connectivity index (χ0v) is 11.0. The van der Waals surface area contributed by atoms with Crippen LogP contribution in [0.3, 0.4) is 0 Å². The highest BCUT2D eigenvalue weighted by atomic mass is 19.1. The molecular weight excluding hydrogens is 229 g/mol. The molecule has 1 heterocycles. The molecule has 0 saturated carbocycles. The summed E-state index contributed by atoms with van der Waals surface area (Å²) in [6.07, 6.45) is 2.85. The van der Waals surface area contributed by atoms with Gasteiger partial charge in [-0.15, -0.1) is 0 Å². The number of aryl methyl sites for hydroxylation is 2. The molecule has 1 aromatic carbocycles. The lowest BCUT2D eigenvalue weighted by atomic mass is 10.2. The van der Waals surface area contributed by atoms with Crippen LogP contribution in [0.25, 0.3) is 5.69 Å². The number of aromatic nitrogens is 2. The Morgan fingerprint density at radius 2 is 2.11 bits per heavy atom. The van der Waals surface area contributed by atoms with E-state index in [4.69, 9.17) is 0 Å². The van der Waals surface area contributed by atoms with Crippen LogP contribution >= 0.6 is 0 Å². The predicted molar refractivity (Wildman–Crippen MR) is 71.8 cm³/mol. The molecule has 18 heavy (non-hydrogen) atoms. The smallest absolute Gasteiger partial charge is 0.207 e. The third-order valence-corrected chi connectivity index (χ3v) is 2.72.